The number of nitrogens with zero attached hydrogens (tertiary/aromatic N) is 1. The van der Waals surface area contributed by atoms with Crippen LogP contribution in [0, 0.1) is 0 Å². The summed E-state index contributed by atoms with van der Waals surface area (Å²) in [5, 5.41) is 0. The third-order valence-electron chi connectivity index (χ3n) is 2.60. The van der Waals surface area contributed by atoms with Gasteiger partial charge in [0.2, 0.25) is 0 Å². The smallest absolute Gasteiger partial charge is 0.461 e. The Labute approximate surface area is 126 Å². The molecule has 0 saturated carbocycles. The fourth-order valence-electron chi connectivity index (χ4n) is 1.80. The summed E-state index contributed by atoms with van der Waals surface area (Å²) in [4.78, 5) is 15.8. The molecule has 0 aliphatic rings. The number of pyridine rings is 1. The van der Waals surface area contributed by atoms with Crippen LogP contribution in [0.1, 0.15) is 26.3 Å². The molecule has 1 rings (SSSR count). The van der Waals surface area contributed by atoms with Crippen molar-refractivity contribution in [1.82, 2.24) is 4.98 Å². The third-order valence-corrected chi connectivity index (χ3v) is 5.28. The first-order chi connectivity index (χ1) is 10.2. The third kappa shape index (κ3) is 6.34. The molecule has 0 aliphatic heterocycles. The average Bonchev–Trinajstić information content (AvgIpc) is 2.47. The first kappa shape index (κ1) is 17.8. The van der Waals surface area contributed by atoms with E-state index >= 15 is 0 Å². The Balaban J connectivity index is 2.56. The van der Waals surface area contributed by atoms with Crippen molar-refractivity contribution in [2.24, 2.45) is 0 Å². The SMILES string of the molecule is CCO[Si](COC(=O)Cc1ccncc1)(OCC)OCC. The van der Waals surface area contributed by atoms with E-state index in [0.29, 0.717) is 19.8 Å². The Morgan fingerprint density at radius 2 is 1.57 bits per heavy atom. The van der Waals surface area contributed by atoms with Gasteiger partial charge in [-0.05, 0) is 38.5 Å². The lowest BCUT2D eigenvalue weighted by atomic mass is 10.2. The lowest BCUT2D eigenvalue weighted by Gasteiger charge is -2.27. The number of aromatic nitrogens is 1. The van der Waals surface area contributed by atoms with Crippen LogP contribution >= 0.6 is 0 Å². The van der Waals surface area contributed by atoms with Crippen molar-refractivity contribution in [1.29, 1.82) is 0 Å². The first-order valence-electron chi connectivity index (χ1n) is 7.12. The van der Waals surface area contributed by atoms with Gasteiger partial charge in [-0.25, -0.2) is 0 Å². The van der Waals surface area contributed by atoms with Crippen molar-refractivity contribution in [3.63, 3.8) is 0 Å². The zero-order valence-electron chi connectivity index (χ0n) is 12.8. The molecule has 118 valence electrons. The molecule has 0 aromatic carbocycles. The Morgan fingerprint density at radius 1 is 1.05 bits per heavy atom. The monoisotopic (exact) mass is 313 g/mol. The molecule has 0 N–H and O–H groups in total. The van der Waals surface area contributed by atoms with Crippen LogP contribution in [-0.2, 0) is 29.2 Å². The summed E-state index contributed by atoms with van der Waals surface area (Å²) in [6, 6.07) is 3.55. The van der Waals surface area contributed by atoms with Gasteiger partial charge < -0.3 is 18.0 Å². The molecule has 0 saturated heterocycles. The summed E-state index contributed by atoms with van der Waals surface area (Å²) >= 11 is 0. The highest BCUT2D eigenvalue weighted by Gasteiger charge is 2.42. The van der Waals surface area contributed by atoms with E-state index in [1.165, 1.54) is 0 Å². The molecule has 0 aliphatic carbocycles. The van der Waals surface area contributed by atoms with Gasteiger partial charge in [-0.15, -0.1) is 0 Å². The summed E-state index contributed by atoms with van der Waals surface area (Å²) in [6.07, 6.45) is 3.51. The Bertz CT molecular complexity index is 398. The van der Waals surface area contributed by atoms with E-state index in [0.717, 1.165) is 5.56 Å². The van der Waals surface area contributed by atoms with Crippen LogP contribution in [0.4, 0.5) is 0 Å². The highest BCUT2D eigenvalue weighted by atomic mass is 28.4. The average molecular weight is 313 g/mol. The van der Waals surface area contributed by atoms with E-state index < -0.39 is 8.80 Å². The quantitative estimate of drug-likeness (QED) is 0.484. The van der Waals surface area contributed by atoms with Gasteiger partial charge in [0.05, 0.1) is 6.42 Å². The number of rotatable bonds is 10. The van der Waals surface area contributed by atoms with Crippen LogP contribution in [0.2, 0.25) is 0 Å². The Morgan fingerprint density at radius 3 is 2.05 bits per heavy atom. The molecule has 21 heavy (non-hydrogen) atoms. The lowest BCUT2D eigenvalue weighted by Crippen LogP contribution is -2.51. The second kappa shape index (κ2) is 9.62. The molecule has 7 heteroatoms. The maximum Gasteiger partial charge on any atom is 0.540 e. The maximum absolute atomic E-state index is 11.9. The summed E-state index contributed by atoms with van der Waals surface area (Å²) < 4.78 is 22.2. The molecule has 0 spiro atoms. The topological polar surface area (TPSA) is 66.9 Å². The van der Waals surface area contributed by atoms with Crippen LogP contribution in [-0.4, -0.2) is 45.8 Å². The van der Waals surface area contributed by atoms with Gasteiger partial charge in [0.15, 0.2) is 6.23 Å². The van der Waals surface area contributed by atoms with Crippen molar-refractivity contribution in [3.05, 3.63) is 30.1 Å². The largest absolute Gasteiger partial charge is 0.540 e. The normalized spacial score (nSPS) is 11.4. The van der Waals surface area contributed by atoms with Crippen LogP contribution in [0.3, 0.4) is 0 Å². The van der Waals surface area contributed by atoms with E-state index in [9.17, 15) is 4.79 Å². The van der Waals surface area contributed by atoms with Gasteiger partial charge in [0.1, 0.15) is 0 Å². The predicted molar refractivity (Wildman–Crippen MR) is 79.5 cm³/mol. The predicted octanol–water partition coefficient (Wildman–Crippen LogP) is 1.75. The van der Waals surface area contributed by atoms with Gasteiger partial charge in [0, 0.05) is 32.2 Å². The maximum atomic E-state index is 11.9. The van der Waals surface area contributed by atoms with E-state index in [-0.39, 0.29) is 18.6 Å². The second-order valence-corrected chi connectivity index (χ2v) is 6.70. The molecule has 6 nitrogen and oxygen atoms in total. The zero-order valence-corrected chi connectivity index (χ0v) is 13.8. The molecule has 0 bridgehead atoms. The molecule has 1 aromatic heterocycles. The van der Waals surface area contributed by atoms with Crippen molar-refractivity contribution in [2.45, 2.75) is 27.2 Å². The number of carbonyl (C=O) groups is 1. The summed E-state index contributed by atoms with van der Waals surface area (Å²) in [7, 11) is -2.93. The summed E-state index contributed by atoms with van der Waals surface area (Å²) in [5.41, 5.74) is 0.853. The standard InChI is InChI=1S/C14H23NO5Si/c1-4-18-21(19-5-2,20-6-3)12-17-14(16)11-13-7-9-15-10-8-13/h7-10H,4-6,11-12H2,1-3H3. The first-order valence-corrected chi connectivity index (χ1v) is 9.05. The van der Waals surface area contributed by atoms with Crippen molar-refractivity contribution in [2.75, 3.05) is 26.1 Å². The number of esters is 1. The van der Waals surface area contributed by atoms with Crippen LogP contribution in [0.5, 0.6) is 0 Å². The summed E-state index contributed by atoms with van der Waals surface area (Å²) in [6.45, 7) is 6.94. The van der Waals surface area contributed by atoms with Crippen LogP contribution < -0.4 is 0 Å². The van der Waals surface area contributed by atoms with Gasteiger partial charge >= 0.3 is 14.8 Å². The Hall–Kier alpha value is -1.28. The minimum absolute atomic E-state index is 0.0342. The van der Waals surface area contributed by atoms with E-state index in [2.05, 4.69) is 4.98 Å². The van der Waals surface area contributed by atoms with Crippen molar-refractivity contribution >= 4 is 14.8 Å². The minimum Gasteiger partial charge on any atom is -0.461 e. The van der Waals surface area contributed by atoms with Crippen LogP contribution in [0.25, 0.3) is 0 Å². The molecule has 1 aromatic rings. The Kier molecular flexibility index (Phi) is 8.14. The molecular formula is C14H23NO5Si. The molecule has 0 fully saturated rings. The molecule has 0 amide bonds. The molecule has 0 radical (unpaired) electrons. The van der Waals surface area contributed by atoms with E-state index in [1.807, 2.05) is 20.8 Å². The minimum atomic E-state index is -2.93. The van der Waals surface area contributed by atoms with E-state index in [1.54, 1.807) is 24.5 Å². The highest BCUT2D eigenvalue weighted by Crippen LogP contribution is 2.11. The molecular weight excluding hydrogens is 290 g/mol. The molecule has 0 atom stereocenters. The lowest BCUT2D eigenvalue weighted by molar-refractivity contribution is -0.142. The number of ether oxygens (including phenoxy) is 1. The fourth-order valence-corrected chi connectivity index (χ4v) is 3.95. The zero-order chi connectivity index (χ0) is 15.6. The van der Waals surface area contributed by atoms with Crippen molar-refractivity contribution < 1.29 is 22.8 Å². The number of carbonyl (C=O) groups excluding carboxylic acids is 1. The highest BCUT2D eigenvalue weighted by molar-refractivity contribution is 6.60. The summed E-state index contributed by atoms with van der Waals surface area (Å²) in [5.74, 6) is -0.336. The fraction of sp³-hybridized carbons (Fsp3) is 0.571. The van der Waals surface area contributed by atoms with E-state index in [4.69, 9.17) is 18.0 Å². The van der Waals surface area contributed by atoms with Gasteiger partial charge in [0.25, 0.3) is 0 Å². The van der Waals surface area contributed by atoms with Crippen LogP contribution in [0.15, 0.2) is 24.5 Å². The van der Waals surface area contributed by atoms with Crippen molar-refractivity contribution in [3.8, 4) is 0 Å². The molecule has 0 unspecified atom stereocenters. The molecule has 1 heterocycles. The van der Waals surface area contributed by atoms with Gasteiger partial charge in [-0.1, -0.05) is 0 Å². The van der Waals surface area contributed by atoms with Gasteiger partial charge in [-0.3, -0.25) is 9.78 Å². The van der Waals surface area contributed by atoms with Gasteiger partial charge in [-0.2, -0.15) is 0 Å². The number of hydrogen-bond acceptors (Lipinski definition) is 6. The number of hydrogen-bond donors (Lipinski definition) is 0. The second-order valence-electron chi connectivity index (χ2n) is 4.17.